The maximum absolute atomic E-state index is 12.2. The van der Waals surface area contributed by atoms with Crippen LogP contribution in [0.3, 0.4) is 0 Å². The van der Waals surface area contributed by atoms with Crippen molar-refractivity contribution >= 4 is 11.9 Å². The highest BCUT2D eigenvalue weighted by Crippen LogP contribution is 2.33. The van der Waals surface area contributed by atoms with Gasteiger partial charge in [-0.25, -0.2) is 0 Å². The zero-order valence-electron chi connectivity index (χ0n) is 17.9. The molecule has 1 aliphatic heterocycles. The van der Waals surface area contributed by atoms with Crippen LogP contribution in [-0.4, -0.2) is 50.8 Å². The molecular weight excluding hydrogens is 328 g/mol. The normalized spacial score (nSPS) is 22.0. The lowest BCUT2D eigenvalue weighted by Gasteiger charge is -2.40. The topological polar surface area (TPSA) is 74.8 Å². The third-order valence-corrected chi connectivity index (χ3v) is 4.76. The molecule has 6 heteroatoms. The highest BCUT2D eigenvalue weighted by atomic mass is 16.5. The largest absolute Gasteiger partial charge is 0.377 e. The average Bonchev–Trinajstić information content (AvgIpc) is 2.57. The van der Waals surface area contributed by atoms with Gasteiger partial charge in [-0.2, -0.15) is 0 Å². The minimum absolute atomic E-state index is 0.0353. The molecule has 2 unspecified atom stereocenters. The van der Waals surface area contributed by atoms with Crippen molar-refractivity contribution in [2.45, 2.75) is 67.4 Å². The lowest BCUT2D eigenvalue weighted by atomic mass is 9.78. The molecule has 0 aliphatic carbocycles. The van der Waals surface area contributed by atoms with E-state index in [0.29, 0.717) is 19.0 Å². The molecule has 0 spiro atoms. The summed E-state index contributed by atoms with van der Waals surface area (Å²) in [4.78, 5) is 16.8. The third-order valence-electron chi connectivity index (χ3n) is 4.76. The van der Waals surface area contributed by atoms with Crippen LogP contribution >= 0.6 is 0 Å². The Morgan fingerprint density at radius 1 is 1.08 bits per heavy atom. The van der Waals surface area contributed by atoms with Gasteiger partial charge >= 0.3 is 0 Å². The van der Waals surface area contributed by atoms with Crippen LogP contribution in [0.15, 0.2) is 4.99 Å². The number of nitrogens with zero attached hydrogens (tertiary/aromatic N) is 1. The summed E-state index contributed by atoms with van der Waals surface area (Å²) in [5, 5.41) is 9.63. The molecule has 152 valence electrons. The molecule has 0 aromatic heterocycles. The summed E-state index contributed by atoms with van der Waals surface area (Å²) >= 11 is 0. The minimum Gasteiger partial charge on any atom is -0.377 e. The molecule has 26 heavy (non-hydrogen) atoms. The van der Waals surface area contributed by atoms with E-state index < -0.39 is 5.41 Å². The van der Waals surface area contributed by atoms with Gasteiger partial charge in [-0.15, -0.1) is 0 Å². The molecule has 0 aromatic rings. The van der Waals surface area contributed by atoms with Crippen LogP contribution in [0.4, 0.5) is 0 Å². The number of rotatable bonds is 7. The van der Waals surface area contributed by atoms with E-state index in [1.807, 2.05) is 27.7 Å². The first kappa shape index (κ1) is 22.7. The number of nitrogens with one attached hydrogen (secondary N) is 3. The van der Waals surface area contributed by atoms with Crippen LogP contribution in [0.1, 0.15) is 61.3 Å². The number of aliphatic imine (C=N–C) groups is 1. The quantitative estimate of drug-likeness (QED) is 0.477. The smallest absolute Gasteiger partial charge is 0.227 e. The van der Waals surface area contributed by atoms with Gasteiger partial charge in [-0.05, 0) is 46.0 Å². The van der Waals surface area contributed by atoms with E-state index in [1.165, 1.54) is 6.42 Å². The van der Waals surface area contributed by atoms with Crippen LogP contribution in [0, 0.1) is 16.7 Å². The van der Waals surface area contributed by atoms with E-state index >= 15 is 0 Å². The number of ether oxygens (including phenoxy) is 1. The van der Waals surface area contributed by atoms with Gasteiger partial charge in [0.05, 0.1) is 18.1 Å². The van der Waals surface area contributed by atoms with Crippen molar-refractivity contribution in [3.63, 3.8) is 0 Å². The molecule has 0 bridgehead atoms. The molecular formula is C20H40N4O2. The number of carbonyl (C=O) groups excluding carboxylic acids is 1. The van der Waals surface area contributed by atoms with Crippen molar-refractivity contribution in [3.05, 3.63) is 0 Å². The Bertz CT molecular complexity index is 469. The van der Waals surface area contributed by atoms with Crippen LogP contribution in [0.25, 0.3) is 0 Å². The number of hydrogen-bond donors (Lipinski definition) is 3. The number of carbonyl (C=O) groups is 1. The number of guanidine groups is 1. The summed E-state index contributed by atoms with van der Waals surface area (Å²) in [6.45, 7) is 18.1. The molecule has 1 fully saturated rings. The first-order valence-corrected chi connectivity index (χ1v) is 10.0. The Kier molecular flexibility index (Phi) is 8.87. The summed E-state index contributed by atoms with van der Waals surface area (Å²) in [6.07, 6.45) is 2.52. The van der Waals surface area contributed by atoms with Crippen molar-refractivity contribution < 1.29 is 9.53 Å². The molecule has 0 radical (unpaired) electrons. The number of hydrogen-bond acceptors (Lipinski definition) is 3. The first-order chi connectivity index (χ1) is 12.1. The van der Waals surface area contributed by atoms with Gasteiger partial charge in [0.25, 0.3) is 0 Å². The fourth-order valence-electron chi connectivity index (χ4n) is 3.33. The van der Waals surface area contributed by atoms with Gasteiger partial charge in [0, 0.05) is 32.2 Å². The molecule has 1 heterocycles. The lowest BCUT2D eigenvalue weighted by molar-refractivity contribution is -0.128. The molecule has 2 atom stereocenters. The van der Waals surface area contributed by atoms with E-state index in [-0.39, 0.29) is 17.4 Å². The summed E-state index contributed by atoms with van der Waals surface area (Å²) in [7, 11) is 0. The van der Waals surface area contributed by atoms with Gasteiger partial charge < -0.3 is 20.7 Å². The summed E-state index contributed by atoms with van der Waals surface area (Å²) in [5.41, 5.74) is -0.400. The maximum atomic E-state index is 12.2. The predicted molar refractivity (Wildman–Crippen MR) is 108 cm³/mol. The van der Waals surface area contributed by atoms with Gasteiger partial charge in [0.2, 0.25) is 5.91 Å². The van der Waals surface area contributed by atoms with Crippen molar-refractivity contribution in [3.8, 4) is 0 Å². The second-order valence-corrected chi connectivity index (χ2v) is 8.88. The second-order valence-electron chi connectivity index (χ2n) is 8.88. The zero-order chi connectivity index (χ0) is 19.8. The van der Waals surface area contributed by atoms with Crippen LogP contribution in [-0.2, 0) is 9.53 Å². The van der Waals surface area contributed by atoms with E-state index in [9.17, 15) is 4.79 Å². The zero-order valence-corrected chi connectivity index (χ0v) is 17.9. The fourth-order valence-corrected chi connectivity index (χ4v) is 3.33. The van der Waals surface area contributed by atoms with Crippen molar-refractivity contribution in [2.75, 3.05) is 32.8 Å². The molecule has 1 aliphatic rings. The SMILES string of the molecule is CCNC(=O)C(C)(C)CN=C(NCC)NCC1CCCOC1C(C)(C)C. The van der Waals surface area contributed by atoms with Crippen molar-refractivity contribution in [2.24, 2.45) is 21.7 Å². The maximum Gasteiger partial charge on any atom is 0.227 e. The van der Waals surface area contributed by atoms with Crippen molar-refractivity contribution in [1.29, 1.82) is 0 Å². The van der Waals surface area contributed by atoms with Gasteiger partial charge in [0.1, 0.15) is 0 Å². The molecule has 6 nitrogen and oxygen atoms in total. The van der Waals surface area contributed by atoms with Gasteiger partial charge in [-0.1, -0.05) is 20.8 Å². The standard InChI is InChI=1S/C20H40N4O2/c1-8-21-17(25)20(6,7)14-24-18(22-9-2)23-13-15-11-10-12-26-16(15)19(3,4)5/h15-16H,8-14H2,1-7H3,(H,21,25)(H2,22,23,24). The van der Waals surface area contributed by atoms with Crippen molar-refractivity contribution in [1.82, 2.24) is 16.0 Å². The molecule has 0 aromatic carbocycles. The second kappa shape index (κ2) is 10.1. The molecule has 1 saturated heterocycles. The first-order valence-electron chi connectivity index (χ1n) is 10.0. The van der Waals surface area contributed by atoms with E-state index in [1.54, 1.807) is 0 Å². The minimum atomic E-state index is -0.528. The summed E-state index contributed by atoms with van der Waals surface area (Å²) in [5.74, 6) is 1.26. The molecule has 1 rings (SSSR count). The lowest BCUT2D eigenvalue weighted by Crippen LogP contribution is -2.48. The Balaban J connectivity index is 2.70. The third kappa shape index (κ3) is 7.14. The van der Waals surface area contributed by atoms with E-state index in [0.717, 1.165) is 32.1 Å². The Labute approximate surface area is 159 Å². The molecule has 0 saturated carbocycles. The highest BCUT2D eigenvalue weighted by Gasteiger charge is 2.35. The van der Waals surface area contributed by atoms with E-state index in [2.05, 4.69) is 41.7 Å². The van der Waals surface area contributed by atoms with Gasteiger partial charge in [0.15, 0.2) is 5.96 Å². The summed E-state index contributed by atoms with van der Waals surface area (Å²) < 4.78 is 6.07. The highest BCUT2D eigenvalue weighted by molar-refractivity contribution is 5.83. The molecule has 3 N–H and O–H groups in total. The van der Waals surface area contributed by atoms with Crippen LogP contribution in [0.5, 0.6) is 0 Å². The van der Waals surface area contributed by atoms with E-state index in [4.69, 9.17) is 4.74 Å². The predicted octanol–water partition coefficient (Wildman–Crippen LogP) is 2.55. The van der Waals surface area contributed by atoms with Gasteiger partial charge in [-0.3, -0.25) is 9.79 Å². The fraction of sp³-hybridized carbons (Fsp3) is 0.900. The Morgan fingerprint density at radius 2 is 1.73 bits per heavy atom. The number of amides is 1. The Hall–Kier alpha value is -1.30. The molecule has 1 amide bonds. The average molecular weight is 369 g/mol. The van der Waals surface area contributed by atoms with Crippen LogP contribution < -0.4 is 16.0 Å². The van der Waals surface area contributed by atoms with Crippen LogP contribution in [0.2, 0.25) is 0 Å². The monoisotopic (exact) mass is 368 g/mol. The Morgan fingerprint density at radius 3 is 2.31 bits per heavy atom. The summed E-state index contributed by atoms with van der Waals surface area (Å²) in [6, 6.07) is 0.